The molecule has 1 amide bonds. The zero-order chi connectivity index (χ0) is 13.7. The molecule has 2 aliphatic heterocycles. The van der Waals surface area contributed by atoms with Crippen molar-refractivity contribution in [2.24, 2.45) is 0 Å². The van der Waals surface area contributed by atoms with Crippen molar-refractivity contribution < 1.29 is 8.80 Å². The quantitative estimate of drug-likeness (QED) is 0.684. The lowest BCUT2D eigenvalue weighted by molar-refractivity contribution is -0.743. The van der Waals surface area contributed by atoms with E-state index in [9.17, 15) is 4.79 Å². The third-order valence-electron chi connectivity index (χ3n) is 4.62. The SMILES string of the molecule is O=C[N+]1(Cl)CC2CCCN2C(c2cc3sccc3[nH]2)C1. The monoisotopic (exact) mass is 310 g/mol. The molecule has 4 heterocycles. The standard InChI is InChI=1S/C14H17ClN3OS/c15-18(9-19)7-10-2-1-4-17(10)13(8-18)12-6-14-11(16-12)3-5-20-14/h3,5-6,9-10,13,16H,1-2,4,7-8H2/q+1. The van der Waals surface area contributed by atoms with Crippen molar-refractivity contribution in [3.8, 4) is 0 Å². The lowest BCUT2D eigenvalue weighted by Gasteiger charge is -2.42. The number of piperazine rings is 1. The number of nitrogens with one attached hydrogen (secondary N) is 1. The van der Waals surface area contributed by atoms with E-state index in [1.807, 2.05) is 0 Å². The third-order valence-corrected chi connectivity index (χ3v) is 5.84. The number of fused-ring (bicyclic) bond motifs is 2. The number of halogens is 1. The smallest absolute Gasteiger partial charge is 0.319 e. The zero-order valence-corrected chi connectivity index (χ0v) is 12.7. The summed E-state index contributed by atoms with van der Waals surface area (Å²) in [6.45, 7) is 2.49. The highest BCUT2D eigenvalue weighted by atomic mass is 35.5. The third kappa shape index (κ3) is 1.92. The summed E-state index contributed by atoms with van der Waals surface area (Å²) in [5, 5.41) is 2.10. The molecule has 106 valence electrons. The van der Waals surface area contributed by atoms with Crippen molar-refractivity contribution in [3.05, 3.63) is 23.2 Å². The van der Waals surface area contributed by atoms with Crippen LogP contribution >= 0.6 is 23.1 Å². The number of nitrogens with zero attached hydrogens (tertiary/aromatic N) is 2. The molecule has 0 aliphatic carbocycles. The molecule has 2 aliphatic rings. The summed E-state index contributed by atoms with van der Waals surface area (Å²) < 4.78 is 1.29. The topological polar surface area (TPSA) is 36.1 Å². The molecule has 0 spiro atoms. The highest BCUT2D eigenvalue weighted by molar-refractivity contribution is 7.17. The normalized spacial score (nSPS) is 34.5. The summed E-state index contributed by atoms with van der Waals surface area (Å²) in [4.78, 5) is 17.4. The highest BCUT2D eigenvalue weighted by Gasteiger charge is 2.47. The largest absolute Gasteiger partial charge is 0.356 e. The zero-order valence-electron chi connectivity index (χ0n) is 11.1. The fourth-order valence-electron chi connectivity index (χ4n) is 3.69. The van der Waals surface area contributed by atoms with Crippen LogP contribution < -0.4 is 0 Å². The van der Waals surface area contributed by atoms with Gasteiger partial charge in [-0.2, -0.15) is 4.00 Å². The van der Waals surface area contributed by atoms with Crippen LogP contribution in [0.2, 0.25) is 0 Å². The number of hydrogen-bond acceptors (Lipinski definition) is 3. The van der Waals surface area contributed by atoms with Gasteiger partial charge in [-0.05, 0) is 36.9 Å². The molecule has 0 saturated carbocycles. The minimum atomic E-state index is 0.0124. The minimum Gasteiger partial charge on any atom is -0.356 e. The molecule has 3 atom stereocenters. The van der Waals surface area contributed by atoms with Crippen LogP contribution in [-0.4, -0.2) is 46.0 Å². The second kappa shape index (κ2) is 4.56. The van der Waals surface area contributed by atoms with E-state index < -0.39 is 0 Å². The van der Waals surface area contributed by atoms with Gasteiger partial charge < -0.3 is 4.98 Å². The Morgan fingerprint density at radius 3 is 3.20 bits per heavy atom. The summed E-state index contributed by atoms with van der Waals surface area (Å²) >= 11 is 8.22. The maximum Gasteiger partial charge on any atom is 0.319 e. The number of rotatable bonds is 2. The van der Waals surface area contributed by atoms with Crippen molar-refractivity contribution in [1.29, 1.82) is 0 Å². The number of aromatic amines is 1. The Morgan fingerprint density at radius 2 is 2.40 bits per heavy atom. The van der Waals surface area contributed by atoms with Gasteiger partial charge >= 0.3 is 6.41 Å². The molecule has 0 bridgehead atoms. The van der Waals surface area contributed by atoms with E-state index in [2.05, 4.69) is 27.4 Å². The molecule has 1 N–H and O–H groups in total. The van der Waals surface area contributed by atoms with Gasteiger partial charge in [-0.15, -0.1) is 11.3 Å². The fraction of sp³-hybridized carbons (Fsp3) is 0.500. The van der Waals surface area contributed by atoms with Crippen molar-refractivity contribution >= 4 is 39.7 Å². The van der Waals surface area contributed by atoms with Crippen LogP contribution in [0.25, 0.3) is 10.2 Å². The van der Waals surface area contributed by atoms with Crippen LogP contribution in [0.3, 0.4) is 0 Å². The Kier molecular flexibility index (Phi) is 2.93. The van der Waals surface area contributed by atoms with E-state index in [0.717, 1.165) is 25.9 Å². The van der Waals surface area contributed by atoms with Crippen LogP contribution in [0.5, 0.6) is 0 Å². The summed E-state index contributed by atoms with van der Waals surface area (Å²) in [7, 11) is 0. The first-order valence-electron chi connectivity index (χ1n) is 7.03. The van der Waals surface area contributed by atoms with E-state index >= 15 is 0 Å². The van der Waals surface area contributed by atoms with Gasteiger partial charge in [-0.1, -0.05) is 0 Å². The Morgan fingerprint density at radius 1 is 1.50 bits per heavy atom. The van der Waals surface area contributed by atoms with Crippen molar-refractivity contribution in [2.75, 3.05) is 19.6 Å². The van der Waals surface area contributed by atoms with E-state index in [1.54, 1.807) is 11.3 Å². The van der Waals surface area contributed by atoms with E-state index in [-0.39, 0.29) is 10.0 Å². The summed E-state index contributed by atoms with van der Waals surface area (Å²) in [5.74, 6) is 0. The van der Waals surface area contributed by atoms with Crippen molar-refractivity contribution in [1.82, 2.24) is 9.88 Å². The average Bonchev–Trinajstić information content (AvgIpc) is 3.11. The Labute approximate surface area is 126 Å². The molecular formula is C14H17ClN3OS+. The lowest BCUT2D eigenvalue weighted by Crippen LogP contribution is -2.57. The van der Waals surface area contributed by atoms with Gasteiger partial charge in [0.25, 0.3) is 0 Å². The van der Waals surface area contributed by atoms with E-state index in [4.69, 9.17) is 11.8 Å². The molecule has 3 unspecified atom stereocenters. The van der Waals surface area contributed by atoms with Crippen LogP contribution in [0, 0.1) is 0 Å². The average molecular weight is 311 g/mol. The number of amides is 1. The molecule has 0 aromatic carbocycles. The van der Waals surface area contributed by atoms with Gasteiger partial charge in [0.2, 0.25) is 0 Å². The maximum absolute atomic E-state index is 11.4. The number of thiophene rings is 1. The second-order valence-corrected chi connectivity index (χ2v) is 7.49. The Bertz CT molecular complexity index is 625. The Hall–Kier alpha value is -0.880. The highest BCUT2D eigenvalue weighted by Crippen LogP contribution is 2.39. The molecule has 2 aromatic rings. The molecule has 20 heavy (non-hydrogen) atoms. The van der Waals surface area contributed by atoms with Crippen LogP contribution in [0.15, 0.2) is 17.5 Å². The first-order chi connectivity index (χ1) is 9.68. The van der Waals surface area contributed by atoms with E-state index in [1.165, 1.54) is 22.3 Å². The Balaban J connectivity index is 1.73. The summed E-state index contributed by atoms with van der Waals surface area (Å²) in [6.07, 6.45) is 3.24. The molecule has 4 nitrogen and oxygen atoms in total. The summed E-state index contributed by atoms with van der Waals surface area (Å²) in [6, 6.07) is 4.98. The molecular weight excluding hydrogens is 294 g/mol. The number of hydrogen-bond donors (Lipinski definition) is 1. The van der Waals surface area contributed by atoms with Crippen molar-refractivity contribution in [3.63, 3.8) is 0 Å². The number of H-pyrrole nitrogens is 1. The number of carbonyl (C=O) groups excluding carboxylic acids is 1. The van der Waals surface area contributed by atoms with Gasteiger partial charge in [-0.3, -0.25) is 4.90 Å². The van der Waals surface area contributed by atoms with Crippen LogP contribution in [-0.2, 0) is 4.79 Å². The van der Waals surface area contributed by atoms with Crippen LogP contribution in [0.1, 0.15) is 24.6 Å². The molecule has 6 heteroatoms. The second-order valence-electron chi connectivity index (χ2n) is 5.87. The van der Waals surface area contributed by atoms with Gasteiger partial charge in [0.05, 0.1) is 16.3 Å². The van der Waals surface area contributed by atoms with Gasteiger partial charge in [0, 0.05) is 5.69 Å². The molecule has 0 radical (unpaired) electrons. The number of quaternary nitrogens is 1. The van der Waals surface area contributed by atoms with Gasteiger partial charge in [0.15, 0.2) is 11.8 Å². The molecule has 2 fully saturated rings. The molecule has 4 rings (SSSR count). The number of aromatic nitrogens is 1. The number of carbonyl (C=O) groups is 1. The fourth-order valence-corrected chi connectivity index (χ4v) is 4.77. The van der Waals surface area contributed by atoms with Crippen molar-refractivity contribution in [2.45, 2.75) is 24.9 Å². The van der Waals surface area contributed by atoms with E-state index in [0.29, 0.717) is 12.6 Å². The minimum absolute atomic E-state index is 0.0124. The molecule has 2 aromatic heterocycles. The predicted octanol–water partition coefficient (Wildman–Crippen LogP) is 2.88. The maximum atomic E-state index is 11.4. The van der Waals surface area contributed by atoms with Gasteiger partial charge in [-0.25, -0.2) is 4.79 Å². The van der Waals surface area contributed by atoms with Crippen LogP contribution in [0.4, 0.5) is 0 Å². The molecule has 2 saturated heterocycles. The first kappa shape index (κ1) is 12.8. The predicted molar refractivity (Wildman–Crippen MR) is 80.6 cm³/mol. The first-order valence-corrected chi connectivity index (χ1v) is 8.25. The lowest BCUT2D eigenvalue weighted by atomic mass is 10.1. The summed E-state index contributed by atoms with van der Waals surface area (Å²) in [5.41, 5.74) is 2.38. The van der Waals surface area contributed by atoms with Gasteiger partial charge in [0.1, 0.15) is 19.1 Å².